The third-order valence-corrected chi connectivity index (χ3v) is 1.45. The molecule has 5 nitrogen and oxygen atoms in total. The Morgan fingerprint density at radius 2 is 2.09 bits per heavy atom. The van der Waals surface area contributed by atoms with Crippen molar-refractivity contribution in [3.63, 3.8) is 0 Å². The number of urea groups is 1. The maximum Gasteiger partial charge on any atom is 0.387 e. The molecule has 1 atom stereocenters. The number of hydrogen-bond donors (Lipinski definition) is 0. The molecular weight excluding hydrogens is 146 g/mol. The van der Waals surface area contributed by atoms with Gasteiger partial charge in [0.2, 0.25) is 0 Å². The summed E-state index contributed by atoms with van der Waals surface area (Å²) in [5.41, 5.74) is 0. The molecule has 0 N–H and O–H groups in total. The Morgan fingerprint density at radius 3 is 2.45 bits per heavy atom. The summed E-state index contributed by atoms with van der Waals surface area (Å²) in [4.78, 5) is 24.6. The molecule has 0 radical (unpaired) electrons. The van der Waals surface area contributed by atoms with Crippen LogP contribution in [0.5, 0.6) is 0 Å². The maximum absolute atomic E-state index is 10.7. The molecule has 0 aromatic heterocycles. The minimum Gasteiger partial charge on any atom is -0.299 e. The first-order valence-corrected chi connectivity index (χ1v) is 3.16. The predicted molar refractivity (Wildman–Crippen MR) is 37.5 cm³/mol. The molecule has 1 aliphatic rings. The number of rotatable bonds is 2. The lowest BCUT2D eigenvalue weighted by Crippen LogP contribution is -2.15. The summed E-state index contributed by atoms with van der Waals surface area (Å²) in [6, 6.07) is -0.631. The number of carbonyl (C=O) groups is 2. The van der Waals surface area contributed by atoms with Crippen LogP contribution in [0, 0.1) is 5.92 Å². The van der Waals surface area contributed by atoms with Crippen molar-refractivity contribution in [1.82, 2.24) is 0 Å². The van der Waals surface area contributed by atoms with Gasteiger partial charge in [-0.25, -0.2) is 4.79 Å². The number of azo groups is 1. The molecule has 1 aliphatic heterocycles. The lowest BCUT2D eigenvalue weighted by molar-refractivity contribution is -0.118. The fourth-order valence-electron chi connectivity index (χ4n) is 0.602. The Balaban J connectivity index is 2.78. The second-order valence-corrected chi connectivity index (χ2v) is 2.28. The molecule has 0 saturated carbocycles. The fourth-order valence-corrected chi connectivity index (χ4v) is 0.602. The zero-order valence-corrected chi connectivity index (χ0v) is 6.24. The number of hydrogen-bond acceptors (Lipinski definition) is 3. The van der Waals surface area contributed by atoms with Crippen LogP contribution in [-0.2, 0) is 4.79 Å². The SMILES string of the molecule is CC(=O)C(C)C1=NC(=O)N=N1. The van der Waals surface area contributed by atoms with Gasteiger partial charge in [-0.1, -0.05) is 5.11 Å². The summed E-state index contributed by atoms with van der Waals surface area (Å²) in [6.07, 6.45) is 0. The third kappa shape index (κ3) is 1.54. The Kier molecular flexibility index (Phi) is 1.89. The van der Waals surface area contributed by atoms with Crippen LogP contribution < -0.4 is 0 Å². The number of amidine groups is 1. The smallest absolute Gasteiger partial charge is 0.299 e. The van der Waals surface area contributed by atoms with E-state index in [4.69, 9.17) is 0 Å². The standard InChI is InChI=1S/C6H7N3O2/c1-3(4(2)10)5-7-6(11)9-8-5/h3H,1-2H3. The van der Waals surface area contributed by atoms with Gasteiger partial charge >= 0.3 is 6.03 Å². The monoisotopic (exact) mass is 153 g/mol. The Labute approximate surface area is 63.2 Å². The second-order valence-electron chi connectivity index (χ2n) is 2.28. The summed E-state index contributed by atoms with van der Waals surface area (Å²) >= 11 is 0. The maximum atomic E-state index is 10.7. The van der Waals surface area contributed by atoms with E-state index in [2.05, 4.69) is 15.2 Å². The van der Waals surface area contributed by atoms with Crippen LogP contribution in [0.3, 0.4) is 0 Å². The summed E-state index contributed by atoms with van der Waals surface area (Å²) in [5.74, 6) is -0.287. The summed E-state index contributed by atoms with van der Waals surface area (Å²) in [6.45, 7) is 3.06. The van der Waals surface area contributed by atoms with E-state index in [9.17, 15) is 9.59 Å². The summed E-state index contributed by atoms with van der Waals surface area (Å²) in [7, 11) is 0. The molecule has 1 rings (SSSR count). The van der Waals surface area contributed by atoms with Crippen LogP contribution in [0.2, 0.25) is 0 Å². The van der Waals surface area contributed by atoms with E-state index < -0.39 is 11.9 Å². The highest BCUT2D eigenvalue weighted by molar-refractivity contribution is 6.09. The van der Waals surface area contributed by atoms with Gasteiger partial charge in [0.05, 0.1) is 5.92 Å². The van der Waals surface area contributed by atoms with Crippen molar-refractivity contribution in [3.8, 4) is 0 Å². The van der Waals surface area contributed by atoms with Crippen LogP contribution in [0.4, 0.5) is 4.79 Å². The molecule has 1 unspecified atom stereocenters. The van der Waals surface area contributed by atoms with E-state index in [1.54, 1.807) is 6.92 Å². The first kappa shape index (κ1) is 7.71. The second kappa shape index (κ2) is 2.69. The van der Waals surface area contributed by atoms with Crippen LogP contribution in [-0.4, -0.2) is 17.6 Å². The minimum atomic E-state index is -0.631. The molecule has 1 heterocycles. The van der Waals surface area contributed by atoms with Gasteiger partial charge in [0.1, 0.15) is 5.78 Å². The molecule has 2 amide bonds. The van der Waals surface area contributed by atoms with Crippen molar-refractivity contribution >= 4 is 17.6 Å². The van der Waals surface area contributed by atoms with Crippen LogP contribution in [0.25, 0.3) is 0 Å². The van der Waals surface area contributed by atoms with Crippen LogP contribution in [0.1, 0.15) is 13.8 Å². The first-order chi connectivity index (χ1) is 5.11. The van der Waals surface area contributed by atoms with E-state index in [0.717, 1.165) is 0 Å². The number of amides is 2. The van der Waals surface area contributed by atoms with Crippen molar-refractivity contribution in [2.45, 2.75) is 13.8 Å². The molecule has 0 bridgehead atoms. The van der Waals surface area contributed by atoms with Gasteiger partial charge in [0.25, 0.3) is 0 Å². The zero-order valence-electron chi connectivity index (χ0n) is 6.24. The van der Waals surface area contributed by atoms with Gasteiger partial charge in [-0.3, -0.25) is 4.79 Å². The lowest BCUT2D eigenvalue weighted by Gasteiger charge is -1.99. The Hall–Kier alpha value is -1.39. The highest BCUT2D eigenvalue weighted by Gasteiger charge is 2.20. The normalized spacial score (nSPS) is 18.4. The molecular formula is C6H7N3O2. The minimum absolute atomic E-state index is 0.0719. The van der Waals surface area contributed by atoms with Crippen molar-refractivity contribution in [2.24, 2.45) is 21.1 Å². The fraction of sp³-hybridized carbons (Fsp3) is 0.500. The third-order valence-electron chi connectivity index (χ3n) is 1.45. The average Bonchev–Trinajstić information content (AvgIpc) is 2.34. The predicted octanol–water partition coefficient (Wildman–Crippen LogP) is 1.20. The molecule has 5 heteroatoms. The number of ketones is 1. The number of carbonyl (C=O) groups excluding carboxylic acids is 2. The van der Waals surface area contributed by atoms with Gasteiger partial charge in [-0.15, -0.1) is 5.11 Å². The number of aliphatic imine (C=N–C) groups is 1. The number of nitrogens with zero attached hydrogens (tertiary/aromatic N) is 3. The van der Waals surface area contributed by atoms with E-state index in [-0.39, 0.29) is 11.6 Å². The molecule has 0 aromatic rings. The van der Waals surface area contributed by atoms with E-state index in [0.29, 0.717) is 0 Å². The lowest BCUT2D eigenvalue weighted by atomic mass is 10.1. The molecule has 0 spiro atoms. The summed E-state index contributed by atoms with van der Waals surface area (Å²) in [5, 5.41) is 6.59. The Bertz CT molecular complexity index is 267. The molecule has 0 aromatic carbocycles. The molecule has 0 fully saturated rings. The molecule has 0 aliphatic carbocycles. The zero-order chi connectivity index (χ0) is 8.43. The highest BCUT2D eigenvalue weighted by atomic mass is 16.2. The van der Waals surface area contributed by atoms with Crippen LogP contribution >= 0.6 is 0 Å². The highest BCUT2D eigenvalue weighted by Crippen LogP contribution is 2.08. The average molecular weight is 153 g/mol. The summed E-state index contributed by atoms with van der Waals surface area (Å²) < 4.78 is 0. The van der Waals surface area contributed by atoms with Gasteiger partial charge < -0.3 is 0 Å². The van der Waals surface area contributed by atoms with E-state index in [1.165, 1.54) is 6.92 Å². The van der Waals surface area contributed by atoms with Crippen molar-refractivity contribution in [1.29, 1.82) is 0 Å². The largest absolute Gasteiger partial charge is 0.387 e. The van der Waals surface area contributed by atoms with E-state index >= 15 is 0 Å². The van der Waals surface area contributed by atoms with E-state index in [1.807, 2.05) is 0 Å². The van der Waals surface area contributed by atoms with Crippen molar-refractivity contribution in [3.05, 3.63) is 0 Å². The van der Waals surface area contributed by atoms with Crippen LogP contribution in [0.15, 0.2) is 15.2 Å². The first-order valence-electron chi connectivity index (χ1n) is 3.16. The Morgan fingerprint density at radius 1 is 1.45 bits per heavy atom. The van der Waals surface area contributed by atoms with Gasteiger partial charge in [-0.05, 0) is 13.8 Å². The van der Waals surface area contributed by atoms with Crippen molar-refractivity contribution < 1.29 is 9.59 Å². The molecule has 0 saturated heterocycles. The molecule has 58 valence electrons. The molecule has 11 heavy (non-hydrogen) atoms. The quantitative estimate of drug-likeness (QED) is 0.597. The van der Waals surface area contributed by atoms with Gasteiger partial charge in [0.15, 0.2) is 5.84 Å². The van der Waals surface area contributed by atoms with Crippen molar-refractivity contribution in [2.75, 3.05) is 0 Å². The number of Topliss-reactive ketones (excluding diaryl/α,β-unsaturated/α-hetero) is 1. The van der Waals surface area contributed by atoms with Gasteiger partial charge in [0, 0.05) is 0 Å². The van der Waals surface area contributed by atoms with Gasteiger partial charge in [-0.2, -0.15) is 4.99 Å². The topological polar surface area (TPSA) is 71.2 Å².